The van der Waals surface area contributed by atoms with Crippen LogP contribution < -0.4 is 20.7 Å². The fourth-order valence-corrected chi connectivity index (χ4v) is 4.72. The number of likely N-dealkylation sites (N-methyl/N-ethyl adjacent to an activating group) is 1. The third-order valence-corrected chi connectivity index (χ3v) is 7.36. The molecule has 4 rings (SSSR count). The number of amides is 3. The van der Waals surface area contributed by atoms with Crippen molar-refractivity contribution in [2.75, 3.05) is 26.7 Å². The van der Waals surface area contributed by atoms with Gasteiger partial charge in [0.1, 0.15) is 36.1 Å². The van der Waals surface area contributed by atoms with Gasteiger partial charge >= 0.3 is 0 Å². The fourth-order valence-electron chi connectivity index (χ4n) is 4.72. The summed E-state index contributed by atoms with van der Waals surface area (Å²) in [7, 11) is 1.58. The highest BCUT2D eigenvalue weighted by molar-refractivity contribution is 5.93. The first-order chi connectivity index (χ1) is 18.7. The van der Waals surface area contributed by atoms with Gasteiger partial charge in [-0.25, -0.2) is 8.78 Å². The molecular formula is C29H36F2N4O4. The molecule has 0 radical (unpaired) electrons. The van der Waals surface area contributed by atoms with Crippen LogP contribution in [0.15, 0.2) is 42.5 Å². The van der Waals surface area contributed by atoms with Crippen molar-refractivity contribution in [2.24, 2.45) is 5.92 Å². The molecule has 0 saturated heterocycles. The summed E-state index contributed by atoms with van der Waals surface area (Å²) >= 11 is 0. The molecular weight excluding hydrogens is 506 g/mol. The molecule has 1 aliphatic heterocycles. The molecule has 8 nitrogen and oxygen atoms in total. The van der Waals surface area contributed by atoms with E-state index in [0.29, 0.717) is 36.3 Å². The van der Waals surface area contributed by atoms with Crippen LogP contribution in [0.4, 0.5) is 8.78 Å². The Morgan fingerprint density at radius 2 is 1.74 bits per heavy atom. The van der Waals surface area contributed by atoms with Gasteiger partial charge in [0.05, 0.1) is 6.04 Å². The van der Waals surface area contributed by atoms with E-state index in [0.717, 1.165) is 12.8 Å². The molecule has 2 aromatic carbocycles. The number of hydrogen-bond donors (Lipinski definition) is 3. The highest BCUT2D eigenvalue weighted by atomic mass is 19.1. The van der Waals surface area contributed by atoms with Crippen molar-refractivity contribution in [3.63, 3.8) is 0 Å². The maximum Gasteiger partial charge on any atom is 0.243 e. The molecule has 0 spiro atoms. The van der Waals surface area contributed by atoms with Crippen molar-refractivity contribution in [3.05, 3.63) is 65.2 Å². The molecule has 10 heteroatoms. The second kappa shape index (κ2) is 13.0. The summed E-state index contributed by atoms with van der Waals surface area (Å²) in [6.07, 6.45) is 2.75. The first kappa shape index (κ1) is 28.5. The van der Waals surface area contributed by atoms with Crippen molar-refractivity contribution < 1.29 is 27.9 Å². The molecule has 1 heterocycles. The van der Waals surface area contributed by atoms with Crippen molar-refractivity contribution in [3.8, 4) is 5.75 Å². The van der Waals surface area contributed by atoms with Crippen LogP contribution in [0.25, 0.3) is 0 Å². The smallest absolute Gasteiger partial charge is 0.243 e. The predicted molar refractivity (Wildman–Crippen MR) is 142 cm³/mol. The van der Waals surface area contributed by atoms with Crippen molar-refractivity contribution in [1.29, 1.82) is 0 Å². The SMILES string of the molecule is C[C@@H]1C(=O)N[C@H](Cc2ccc(F)cc2)C(=O)NCCCc2c(F)cccc2OCCN[C@@H](C2CC2)C(=O)N1C. The minimum Gasteiger partial charge on any atom is -0.492 e. The third kappa shape index (κ3) is 7.53. The van der Waals surface area contributed by atoms with Gasteiger partial charge in [-0.05, 0) is 68.4 Å². The van der Waals surface area contributed by atoms with Crippen molar-refractivity contribution >= 4 is 17.7 Å². The van der Waals surface area contributed by atoms with Crippen LogP contribution in [0.3, 0.4) is 0 Å². The quantitative estimate of drug-likeness (QED) is 0.553. The van der Waals surface area contributed by atoms with Gasteiger partial charge in [0.15, 0.2) is 0 Å². The average molecular weight is 543 g/mol. The van der Waals surface area contributed by atoms with E-state index in [9.17, 15) is 23.2 Å². The van der Waals surface area contributed by atoms with Gasteiger partial charge in [0.25, 0.3) is 0 Å². The number of rotatable bonds is 3. The standard InChI is InChI=1S/C29H36F2N4O4/c1-18-27(36)34-24(17-19-8-12-21(30)13-9-19)28(37)33-14-4-5-22-23(31)6-3-7-25(22)39-16-15-32-26(20-10-11-20)29(38)35(18)2/h3,6-9,12-13,18,20,24,26,32H,4-5,10-11,14-17H2,1-2H3,(H,33,37)(H,34,36)/t18-,24-,26+/m1/s1. The van der Waals surface area contributed by atoms with Crippen LogP contribution in [0.5, 0.6) is 5.75 Å². The van der Waals surface area contributed by atoms with Gasteiger partial charge in [0.2, 0.25) is 17.7 Å². The van der Waals surface area contributed by atoms with E-state index in [1.54, 1.807) is 38.2 Å². The number of nitrogens with zero attached hydrogens (tertiary/aromatic N) is 1. The summed E-state index contributed by atoms with van der Waals surface area (Å²) in [5.74, 6) is -1.29. The lowest BCUT2D eigenvalue weighted by Gasteiger charge is -2.30. The van der Waals surface area contributed by atoms with Gasteiger partial charge < -0.3 is 25.6 Å². The number of nitrogens with one attached hydrogen (secondary N) is 3. The molecule has 2 aromatic rings. The lowest BCUT2D eigenvalue weighted by Crippen LogP contribution is -2.56. The molecule has 39 heavy (non-hydrogen) atoms. The van der Waals surface area contributed by atoms with Crippen LogP contribution in [-0.2, 0) is 27.2 Å². The number of fused-ring (bicyclic) bond motifs is 1. The van der Waals surface area contributed by atoms with Gasteiger partial charge in [-0.15, -0.1) is 0 Å². The van der Waals surface area contributed by atoms with E-state index in [1.165, 1.54) is 23.1 Å². The summed E-state index contributed by atoms with van der Waals surface area (Å²) in [6.45, 7) is 2.50. The number of carbonyl (C=O) groups is 3. The van der Waals surface area contributed by atoms with Crippen LogP contribution in [-0.4, -0.2) is 67.5 Å². The molecule has 210 valence electrons. The molecule has 1 saturated carbocycles. The molecule has 0 bridgehead atoms. The van der Waals surface area contributed by atoms with E-state index in [2.05, 4.69) is 16.0 Å². The predicted octanol–water partition coefficient (Wildman–Crippen LogP) is 2.35. The van der Waals surface area contributed by atoms with Crippen LogP contribution in [0.2, 0.25) is 0 Å². The van der Waals surface area contributed by atoms with E-state index >= 15 is 0 Å². The average Bonchev–Trinajstić information content (AvgIpc) is 3.76. The maximum absolute atomic E-state index is 14.6. The van der Waals surface area contributed by atoms with Gasteiger partial charge in [-0.1, -0.05) is 18.2 Å². The molecule has 3 N–H and O–H groups in total. The lowest BCUT2D eigenvalue weighted by atomic mass is 10.0. The summed E-state index contributed by atoms with van der Waals surface area (Å²) in [6, 6.07) is 8.14. The number of halogens is 2. The lowest BCUT2D eigenvalue weighted by molar-refractivity contribution is -0.141. The van der Waals surface area contributed by atoms with E-state index in [4.69, 9.17) is 4.74 Å². The van der Waals surface area contributed by atoms with Crippen molar-refractivity contribution in [2.45, 2.75) is 57.2 Å². The van der Waals surface area contributed by atoms with Crippen LogP contribution in [0.1, 0.15) is 37.3 Å². The summed E-state index contributed by atoms with van der Waals surface area (Å²) in [4.78, 5) is 41.1. The fraction of sp³-hybridized carbons (Fsp3) is 0.483. The largest absolute Gasteiger partial charge is 0.492 e. The summed E-state index contributed by atoms with van der Waals surface area (Å²) in [5.41, 5.74) is 1.09. The first-order valence-electron chi connectivity index (χ1n) is 13.5. The number of carbonyl (C=O) groups excluding carboxylic acids is 3. The topological polar surface area (TPSA) is 99.8 Å². The Balaban J connectivity index is 1.56. The molecule has 0 unspecified atom stereocenters. The van der Waals surface area contributed by atoms with E-state index in [-0.39, 0.29) is 37.2 Å². The Bertz CT molecular complexity index is 1170. The Kier molecular flexibility index (Phi) is 9.50. The molecule has 2 aliphatic rings. The monoisotopic (exact) mass is 542 g/mol. The van der Waals surface area contributed by atoms with Crippen molar-refractivity contribution in [1.82, 2.24) is 20.9 Å². The summed E-state index contributed by atoms with van der Waals surface area (Å²) < 4.78 is 33.9. The number of ether oxygens (including phenoxy) is 1. The molecule has 1 fully saturated rings. The van der Waals surface area contributed by atoms with E-state index < -0.39 is 35.8 Å². The highest BCUT2D eigenvalue weighted by Crippen LogP contribution is 2.33. The highest BCUT2D eigenvalue weighted by Gasteiger charge is 2.39. The zero-order valence-electron chi connectivity index (χ0n) is 22.3. The second-order valence-electron chi connectivity index (χ2n) is 10.2. The van der Waals surface area contributed by atoms with E-state index in [1.807, 2.05) is 0 Å². The first-order valence-corrected chi connectivity index (χ1v) is 13.5. The Labute approximate surface area is 227 Å². The number of benzene rings is 2. The van der Waals surface area contributed by atoms with Gasteiger partial charge in [0, 0.05) is 32.1 Å². The zero-order valence-corrected chi connectivity index (χ0v) is 22.3. The molecule has 1 aliphatic carbocycles. The Hall–Kier alpha value is -3.53. The van der Waals surface area contributed by atoms with Crippen LogP contribution in [0, 0.1) is 17.6 Å². The Morgan fingerprint density at radius 3 is 2.46 bits per heavy atom. The third-order valence-electron chi connectivity index (χ3n) is 7.36. The maximum atomic E-state index is 14.6. The molecule has 3 amide bonds. The number of hydrogen-bond acceptors (Lipinski definition) is 5. The Morgan fingerprint density at radius 1 is 1.00 bits per heavy atom. The molecule has 3 atom stereocenters. The summed E-state index contributed by atoms with van der Waals surface area (Å²) in [5, 5.41) is 8.87. The van der Waals surface area contributed by atoms with Gasteiger partial charge in [-0.3, -0.25) is 14.4 Å². The zero-order chi connectivity index (χ0) is 27.9. The minimum atomic E-state index is -0.947. The molecule has 0 aromatic heterocycles. The normalized spacial score (nSPS) is 24.1. The van der Waals surface area contributed by atoms with Gasteiger partial charge in [-0.2, -0.15) is 0 Å². The van der Waals surface area contributed by atoms with Crippen LogP contribution >= 0.6 is 0 Å². The minimum absolute atomic E-state index is 0.139. The second-order valence-corrected chi connectivity index (χ2v) is 10.2.